The first-order valence-electron chi connectivity index (χ1n) is 6.96. The van der Waals surface area contributed by atoms with Crippen molar-refractivity contribution in [3.63, 3.8) is 0 Å². The van der Waals surface area contributed by atoms with E-state index >= 15 is 0 Å². The van der Waals surface area contributed by atoms with Gasteiger partial charge < -0.3 is 5.32 Å². The zero-order valence-corrected chi connectivity index (χ0v) is 12.7. The maximum Gasteiger partial charge on any atom is 0.0676 e. The van der Waals surface area contributed by atoms with Gasteiger partial charge in [0.2, 0.25) is 0 Å². The van der Waals surface area contributed by atoms with E-state index in [-0.39, 0.29) is 0 Å². The predicted molar refractivity (Wildman–Crippen MR) is 85.3 cm³/mol. The highest BCUT2D eigenvalue weighted by Crippen LogP contribution is 2.26. The molecular weight excluding hydrogens is 266 g/mol. The summed E-state index contributed by atoms with van der Waals surface area (Å²) in [5, 5.41) is 11.5. The molecule has 104 valence electrons. The molecule has 0 radical (unpaired) electrons. The van der Waals surface area contributed by atoms with Crippen LogP contribution in [0.3, 0.4) is 0 Å². The second-order valence-electron chi connectivity index (χ2n) is 4.95. The van der Waals surface area contributed by atoms with Gasteiger partial charge >= 0.3 is 0 Å². The number of hydrogen-bond acceptors (Lipinski definition) is 3. The van der Waals surface area contributed by atoms with E-state index in [0.717, 1.165) is 19.6 Å². The smallest absolute Gasteiger partial charge is 0.0676 e. The third-order valence-electron chi connectivity index (χ3n) is 3.65. The molecule has 0 atom stereocenters. The minimum Gasteiger partial charge on any atom is -0.313 e. The molecule has 0 bridgehead atoms. The van der Waals surface area contributed by atoms with Crippen molar-refractivity contribution in [1.29, 1.82) is 0 Å². The topological polar surface area (TPSA) is 29.9 Å². The van der Waals surface area contributed by atoms with Gasteiger partial charge in [-0.05, 0) is 35.9 Å². The molecule has 4 heteroatoms. The molecule has 0 saturated heterocycles. The second kappa shape index (κ2) is 5.77. The quantitative estimate of drug-likeness (QED) is 0.776. The molecule has 0 aliphatic carbocycles. The maximum atomic E-state index is 4.53. The molecule has 0 spiro atoms. The minimum absolute atomic E-state index is 0.849. The number of fused-ring (bicyclic) bond motifs is 1. The van der Waals surface area contributed by atoms with Crippen molar-refractivity contribution in [1.82, 2.24) is 15.1 Å². The van der Waals surface area contributed by atoms with Gasteiger partial charge in [0.1, 0.15) is 0 Å². The number of aromatic nitrogens is 2. The monoisotopic (exact) mass is 285 g/mol. The Morgan fingerprint density at radius 1 is 1.25 bits per heavy atom. The molecule has 0 aliphatic rings. The maximum absolute atomic E-state index is 4.53. The lowest BCUT2D eigenvalue weighted by Crippen LogP contribution is -2.12. The van der Waals surface area contributed by atoms with Crippen molar-refractivity contribution < 1.29 is 0 Å². The fraction of sp³-hybridized carbons (Fsp3) is 0.312. The highest BCUT2D eigenvalue weighted by molar-refractivity contribution is 7.17. The molecule has 1 aromatic carbocycles. The van der Waals surface area contributed by atoms with Gasteiger partial charge in [-0.15, -0.1) is 11.3 Å². The fourth-order valence-corrected chi connectivity index (χ4v) is 3.35. The lowest BCUT2D eigenvalue weighted by Gasteiger charge is -2.05. The Bertz CT molecular complexity index is 711. The van der Waals surface area contributed by atoms with Crippen LogP contribution in [0.5, 0.6) is 0 Å². The van der Waals surface area contributed by atoms with Crippen LogP contribution in [0.1, 0.15) is 23.7 Å². The molecule has 3 rings (SSSR count). The largest absolute Gasteiger partial charge is 0.313 e. The van der Waals surface area contributed by atoms with Crippen LogP contribution in [0.15, 0.2) is 35.8 Å². The van der Waals surface area contributed by atoms with Crippen molar-refractivity contribution in [3.05, 3.63) is 52.7 Å². The standard InChI is InChI=1S/C16H19N3S/c1-3-17-8-13-9-18-19(12(13)2)10-14-11-20-16-7-5-4-6-15(14)16/h4-7,9,11,17H,3,8,10H2,1-2H3. The van der Waals surface area contributed by atoms with E-state index in [0.29, 0.717) is 0 Å². The summed E-state index contributed by atoms with van der Waals surface area (Å²) in [7, 11) is 0. The van der Waals surface area contributed by atoms with E-state index < -0.39 is 0 Å². The van der Waals surface area contributed by atoms with E-state index in [1.165, 1.54) is 26.9 Å². The van der Waals surface area contributed by atoms with Gasteiger partial charge in [0.05, 0.1) is 12.7 Å². The number of thiophene rings is 1. The van der Waals surface area contributed by atoms with Gasteiger partial charge in [0.25, 0.3) is 0 Å². The molecule has 3 nitrogen and oxygen atoms in total. The van der Waals surface area contributed by atoms with Crippen LogP contribution in [0, 0.1) is 6.92 Å². The van der Waals surface area contributed by atoms with Crippen LogP contribution >= 0.6 is 11.3 Å². The summed E-state index contributed by atoms with van der Waals surface area (Å²) in [4.78, 5) is 0. The van der Waals surface area contributed by atoms with Gasteiger partial charge in [-0.1, -0.05) is 25.1 Å². The van der Waals surface area contributed by atoms with E-state index in [1.807, 2.05) is 6.20 Å². The SMILES string of the molecule is CCNCc1cnn(Cc2csc3ccccc23)c1C. The van der Waals surface area contributed by atoms with Gasteiger partial charge in [-0.2, -0.15) is 5.10 Å². The Labute approximate surface area is 123 Å². The molecule has 20 heavy (non-hydrogen) atoms. The number of rotatable bonds is 5. The first kappa shape index (κ1) is 13.3. The molecule has 0 amide bonds. The van der Waals surface area contributed by atoms with Crippen LogP contribution in [-0.2, 0) is 13.1 Å². The van der Waals surface area contributed by atoms with Crippen LogP contribution in [0.4, 0.5) is 0 Å². The number of benzene rings is 1. The third kappa shape index (κ3) is 2.49. The minimum atomic E-state index is 0.849. The molecule has 3 aromatic rings. The summed E-state index contributed by atoms with van der Waals surface area (Å²) < 4.78 is 3.45. The first-order valence-corrected chi connectivity index (χ1v) is 7.84. The van der Waals surface area contributed by atoms with Gasteiger partial charge in [-0.25, -0.2) is 0 Å². The first-order chi connectivity index (χ1) is 9.79. The van der Waals surface area contributed by atoms with Crippen molar-refractivity contribution in [2.75, 3.05) is 6.54 Å². The Balaban J connectivity index is 1.86. The number of nitrogens with zero attached hydrogens (tertiary/aromatic N) is 2. The molecule has 0 unspecified atom stereocenters. The fourth-order valence-electron chi connectivity index (χ4n) is 2.39. The molecular formula is C16H19N3S. The molecule has 0 aliphatic heterocycles. The Morgan fingerprint density at radius 3 is 2.95 bits per heavy atom. The number of hydrogen-bond donors (Lipinski definition) is 1. The summed E-state index contributed by atoms with van der Waals surface area (Å²) >= 11 is 1.81. The summed E-state index contributed by atoms with van der Waals surface area (Å²) in [6, 6.07) is 8.57. The lowest BCUT2D eigenvalue weighted by atomic mass is 10.2. The van der Waals surface area contributed by atoms with Crippen molar-refractivity contribution in [2.45, 2.75) is 26.9 Å². The van der Waals surface area contributed by atoms with Crippen LogP contribution < -0.4 is 5.32 Å². The van der Waals surface area contributed by atoms with E-state index in [4.69, 9.17) is 0 Å². The van der Waals surface area contributed by atoms with Gasteiger partial charge in [0, 0.05) is 22.5 Å². The van der Waals surface area contributed by atoms with Crippen molar-refractivity contribution in [3.8, 4) is 0 Å². The Hall–Kier alpha value is -1.65. The zero-order chi connectivity index (χ0) is 13.9. The summed E-state index contributed by atoms with van der Waals surface area (Å²) in [5.41, 5.74) is 3.89. The highest BCUT2D eigenvalue weighted by Gasteiger charge is 2.09. The van der Waals surface area contributed by atoms with Gasteiger partial charge in [0.15, 0.2) is 0 Å². The summed E-state index contributed by atoms with van der Waals surface area (Å²) in [6.07, 6.45) is 1.98. The predicted octanol–water partition coefficient (Wildman–Crippen LogP) is 3.56. The average molecular weight is 285 g/mol. The van der Waals surface area contributed by atoms with E-state index in [2.05, 4.69) is 58.6 Å². The molecule has 2 aromatic heterocycles. The molecule has 0 fully saturated rings. The molecule has 2 heterocycles. The Kier molecular flexibility index (Phi) is 3.85. The van der Waals surface area contributed by atoms with E-state index in [9.17, 15) is 0 Å². The van der Waals surface area contributed by atoms with Crippen molar-refractivity contribution >= 4 is 21.4 Å². The normalized spacial score (nSPS) is 11.3. The molecule has 1 N–H and O–H groups in total. The van der Waals surface area contributed by atoms with Gasteiger partial charge in [-0.3, -0.25) is 4.68 Å². The van der Waals surface area contributed by atoms with Crippen LogP contribution in [0.25, 0.3) is 10.1 Å². The zero-order valence-electron chi connectivity index (χ0n) is 11.9. The summed E-state index contributed by atoms with van der Waals surface area (Å²) in [5.74, 6) is 0. The van der Waals surface area contributed by atoms with E-state index in [1.54, 1.807) is 11.3 Å². The second-order valence-corrected chi connectivity index (χ2v) is 5.86. The number of nitrogens with one attached hydrogen (secondary N) is 1. The van der Waals surface area contributed by atoms with Crippen LogP contribution in [0.2, 0.25) is 0 Å². The summed E-state index contributed by atoms with van der Waals surface area (Å²) in [6.45, 7) is 7.00. The van der Waals surface area contributed by atoms with Crippen LogP contribution in [-0.4, -0.2) is 16.3 Å². The third-order valence-corrected chi connectivity index (χ3v) is 4.66. The molecule has 0 saturated carbocycles. The average Bonchev–Trinajstić information content (AvgIpc) is 3.03. The lowest BCUT2D eigenvalue weighted by molar-refractivity contribution is 0.662. The highest BCUT2D eigenvalue weighted by atomic mass is 32.1. The van der Waals surface area contributed by atoms with Crippen molar-refractivity contribution in [2.24, 2.45) is 0 Å². The Morgan fingerprint density at radius 2 is 2.10 bits per heavy atom.